The van der Waals surface area contributed by atoms with Crippen LogP contribution in [0.5, 0.6) is 11.5 Å². The van der Waals surface area contributed by atoms with Crippen molar-refractivity contribution in [2.45, 2.75) is 25.8 Å². The quantitative estimate of drug-likeness (QED) is 0.557. The molecule has 0 fully saturated rings. The molecule has 0 radical (unpaired) electrons. The summed E-state index contributed by atoms with van der Waals surface area (Å²) in [7, 11) is 3.30. The maximum Gasteiger partial charge on any atom is 0.238 e. The van der Waals surface area contributed by atoms with Crippen molar-refractivity contribution in [3.8, 4) is 23.1 Å². The topological polar surface area (TPSA) is 103 Å². The minimum absolute atomic E-state index is 0.0402. The van der Waals surface area contributed by atoms with Crippen LogP contribution in [0.1, 0.15) is 23.4 Å². The van der Waals surface area contributed by atoms with E-state index < -0.39 is 0 Å². The lowest BCUT2D eigenvalue weighted by molar-refractivity contribution is -0.121. The van der Waals surface area contributed by atoms with Gasteiger partial charge < -0.3 is 23.7 Å². The Bertz CT molecular complexity index is 1020. The monoisotopic (exact) mass is 426 g/mol. The van der Waals surface area contributed by atoms with E-state index in [0.29, 0.717) is 36.9 Å². The van der Waals surface area contributed by atoms with Gasteiger partial charge in [0.25, 0.3) is 0 Å². The van der Waals surface area contributed by atoms with E-state index in [9.17, 15) is 4.79 Å². The molecule has 2 aromatic heterocycles. The zero-order valence-electron chi connectivity index (χ0n) is 17.7. The fraction of sp³-hybridized carbons (Fsp3) is 0.409. The highest BCUT2D eigenvalue weighted by molar-refractivity contribution is 5.76. The predicted octanol–water partition coefficient (Wildman–Crippen LogP) is 2.45. The second kappa shape index (κ2) is 9.65. The molecular formula is C22H26N4O5. The van der Waals surface area contributed by atoms with Crippen LogP contribution >= 0.6 is 0 Å². The van der Waals surface area contributed by atoms with Gasteiger partial charge in [0.1, 0.15) is 0 Å². The Balaban J connectivity index is 1.21. The molecule has 9 nitrogen and oxygen atoms in total. The number of methoxy groups -OCH3 is 2. The largest absolute Gasteiger partial charge is 0.493 e. The number of aromatic nitrogens is 2. The number of nitrogens with zero attached hydrogens (tertiary/aromatic N) is 3. The van der Waals surface area contributed by atoms with E-state index in [4.69, 9.17) is 18.4 Å². The first-order chi connectivity index (χ1) is 15.2. The minimum Gasteiger partial charge on any atom is -0.493 e. The van der Waals surface area contributed by atoms with Gasteiger partial charge in [-0.15, -0.1) is 0 Å². The number of rotatable bonds is 9. The first-order valence-corrected chi connectivity index (χ1v) is 10.3. The molecule has 31 heavy (non-hydrogen) atoms. The van der Waals surface area contributed by atoms with Gasteiger partial charge in [-0.2, -0.15) is 4.98 Å². The summed E-state index contributed by atoms with van der Waals surface area (Å²) >= 11 is 0. The highest BCUT2D eigenvalue weighted by atomic mass is 16.5. The van der Waals surface area contributed by atoms with Crippen LogP contribution in [-0.4, -0.2) is 54.8 Å². The third-order valence-corrected chi connectivity index (χ3v) is 5.32. The molecule has 1 amide bonds. The van der Waals surface area contributed by atoms with E-state index in [-0.39, 0.29) is 5.91 Å². The van der Waals surface area contributed by atoms with Gasteiger partial charge in [-0.05, 0) is 41.8 Å². The highest BCUT2D eigenvalue weighted by Crippen LogP contribution is 2.33. The Morgan fingerprint density at radius 3 is 2.77 bits per heavy atom. The van der Waals surface area contributed by atoms with Gasteiger partial charge in [0.15, 0.2) is 17.3 Å². The average molecular weight is 426 g/mol. The second-order valence-electron chi connectivity index (χ2n) is 7.34. The molecule has 0 spiro atoms. The fourth-order valence-corrected chi connectivity index (χ4v) is 3.66. The zero-order valence-corrected chi connectivity index (χ0v) is 17.7. The van der Waals surface area contributed by atoms with E-state index in [0.717, 1.165) is 37.6 Å². The molecule has 3 aromatic rings. The molecule has 164 valence electrons. The molecule has 0 bridgehead atoms. The van der Waals surface area contributed by atoms with Crippen LogP contribution in [0.2, 0.25) is 0 Å². The Morgan fingerprint density at radius 1 is 1.23 bits per heavy atom. The third kappa shape index (κ3) is 5.05. The van der Waals surface area contributed by atoms with E-state index in [1.54, 1.807) is 32.6 Å². The summed E-state index contributed by atoms with van der Waals surface area (Å²) in [5, 5.41) is 6.83. The lowest BCUT2D eigenvalue weighted by Crippen LogP contribution is -2.37. The van der Waals surface area contributed by atoms with E-state index in [1.165, 1.54) is 11.1 Å². The molecule has 1 aliphatic heterocycles. The number of hydrogen-bond donors (Lipinski definition) is 1. The lowest BCUT2D eigenvalue weighted by Gasteiger charge is -2.29. The molecule has 3 heterocycles. The third-order valence-electron chi connectivity index (χ3n) is 5.32. The van der Waals surface area contributed by atoms with Crippen molar-refractivity contribution in [2.75, 3.05) is 33.9 Å². The Hall–Kier alpha value is -3.33. The number of furan rings is 1. The van der Waals surface area contributed by atoms with Crippen molar-refractivity contribution in [1.82, 2.24) is 20.4 Å². The minimum atomic E-state index is -0.0402. The number of aryl methyl sites for hydroxylation is 1. The van der Waals surface area contributed by atoms with Gasteiger partial charge in [-0.25, -0.2) is 0 Å². The number of hydrogen-bond acceptors (Lipinski definition) is 8. The van der Waals surface area contributed by atoms with Gasteiger partial charge in [-0.3, -0.25) is 9.69 Å². The lowest BCUT2D eigenvalue weighted by atomic mass is 9.99. The summed E-state index contributed by atoms with van der Waals surface area (Å²) in [6.45, 7) is 3.13. The van der Waals surface area contributed by atoms with Crippen molar-refractivity contribution < 1.29 is 23.2 Å². The van der Waals surface area contributed by atoms with E-state index in [1.807, 2.05) is 6.07 Å². The molecule has 0 unspecified atom stereocenters. The number of carbonyl (C=O) groups is 1. The smallest absolute Gasteiger partial charge is 0.238 e. The first kappa shape index (κ1) is 20.9. The highest BCUT2D eigenvalue weighted by Gasteiger charge is 2.19. The number of amides is 1. The van der Waals surface area contributed by atoms with Crippen LogP contribution in [0, 0.1) is 0 Å². The van der Waals surface area contributed by atoms with Crippen LogP contribution < -0.4 is 14.8 Å². The van der Waals surface area contributed by atoms with E-state index in [2.05, 4.69) is 26.4 Å². The zero-order chi connectivity index (χ0) is 21.6. The Labute approximate surface area is 180 Å². The molecule has 0 saturated carbocycles. The average Bonchev–Trinajstić information content (AvgIpc) is 3.48. The normalized spacial score (nSPS) is 13.6. The van der Waals surface area contributed by atoms with Crippen LogP contribution in [-0.2, 0) is 24.2 Å². The maximum absolute atomic E-state index is 12.2. The Morgan fingerprint density at radius 2 is 2.03 bits per heavy atom. The standard InChI is InChI=1S/C22H26N4O5/c1-28-18-12-15-7-9-26(14-16(15)13-19(18)29-2)10-8-23-20(27)5-6-21-24-22(25-31-21)17-4-3-11-30-17/h3-4,11-13H,5-10,14H2,1-2H3,(H,23,27). The van der Waals surface area contributed by atoms with Crippen LogP contribution in [0.4, 0.5) is 0 Å². The van der Waals surface area contributed by atoms with Crippen molar-refractivity contribution in [3.63, 3.8) is 0 Å². The van der Waals surface area contributed by atoms with Gasteiger partial charge in [-0.1, -0.05) is 5.16 Å². The van der Waals surface area contributed by atoms with Crippen molar-refractivity contribution in [2.24, 2.45) is 0 Å². The summed E-state index contributed by atoms with van der Waals surface area (Å²) in [6, 6.07) is 7.61. The summed E-state index contributed by atoms with van der Waals surface area (Å²) in [5.74, 6) is 2.81. The first-order valence-electron chi connectivity index (χ1n) is 10.3. The molecule has 0 aliphatic carbocycles. The molecule has 9 heteroatoms. The van der Waals surface area contributed by atoms with Crippen molar-refractivity contribution in [3.05, 3.63) is 47.5 Å². The second-order valence-corrected chi connectivity index (χ2v) is 7.34. The molecule has 1 aliphatic rings. The summed E-state index contributed by atoms with van der Waals surface area (Å²) < 4.78 is 21.2. The molecular weight excluding hydrogens is 400 g/mol. The molecule has 0 saturated heterocycles. The van der Waals surface area contributed by atoms with Crippen molar-refractivity contribution in [1.29, 1.82) is 0 Å². The van der Waals surface area contributed by atoms with Crippen LogP contribution in [0.25, 0.3) is 11.6 Å². The predicted molar refractivity (Wildman–Crippen MR) is 112 cm³/mol. The summed E-state index contributed by atoms with van der Waals surface area (Å²) in [5.41, 5.74) is 2.52. The molecule has 1 N–H and O–H groups in total. The number of benzene rings is 1. The van der Waals surface area contributed by atoms with Crippen molar-refractivity contribution >= 4 is 5.91 Å². The summed E-state index contributed by atoms with van der Waals surface area (Å²) in [4.78, 5) is 18.7. The number of ether oxygens (including phenoxy) is 2. The van der Waals surface area contributed by atoms with Crippen LogP contribution in [0.15, 0.2) is 39.5 Å². The number of nitrogens with one attached hydrogen (secondary N) is 1. The number of carbonyl (C=O) groups excluding carboxylic acids is 1. The summed E-state index contributed by atoms with van der Waals surface area (Å²) in [6.07, 6.45) is 3.17. The molecule has 4 rings (SSSR count). The SMILES string of the molecule is COc1cc2c(cc1OC)CN(CCNC(=O)CCc1nc(-c3ccco3)no1)CC2. The molecule has 1 aromatic carbocycles. The maximum atomic E-state index is 12.2. The van der Waals surface area contributed by atoms with E-state index >= 15 is 0 Å². The Kier molecular flexibility index (Phi) is 6.51. The molecule has 0 atom stereocenters. The van der Waals surface area contributed by atoms with Crippen LogP contribution in [0.3, 0.4) is 0 Å². The van der Waals surface area contributed by atoms with Gasteiger partial charge >= 0.3 is 0 Å². The number of fused-ring (bicyclic) bond motifs is 1. The van der Waals surface area contributed by atoms with Gasteiger partial charge in [0.05, 0.1) is 20.5 Å². The van der Waals surface area contributed by atoms with Gasteiger partial charge in [0.2, 0.25) is 17.6 Å². The fourth-order valence-electron chi connectivity index (χ4n) is 3.66. The van der Waals surface area contributed by atoms with Gasteiger partial charge in [0, 0.05) is 39.0 Å².